The number of fused-ring (bicyclic) bond motifs is 1. The van der Waals surface area contributed by atoms with E-state index in [4.69, 9.17) is 0 Å². The van der Waals surface area contributed by atoms with E-state index in [1.54, 1.807) is 4.90 Å². The summed E-state index contributed by atoms with van der Waals surface area (Å²) >= 11 is 8.43. The van der Waals surface area contributed by atoms with Crippen LogP contribution in [0.25, 0.3) is 10.2 Å². The van der Waals surface area contributed by atoms with E-state index in [0.29, 0.717) is 12.1 Å². The first-order valence-electron chi connectivity index (χ1n) is 7.72. The van der Waals surface area contributed by atoms with Gasteiger partial charge in [0.1, 0.15) is 0 Å². The second-order valence-corrected chi connectivity index (χ2v) is 8.72. The molecule has 0 bridgehead atoms. The minimum absolute atomic E-state index is 0.0347. The van der Waals surface area contributed by atoms with Crippen LogP contribution in [0, 0.1) is 0 Å². The van der Waals surface area contributed by atoms with E-state index in [0.717, 1.165) is 30.8 Å². The highest BCUT2D eigenvalue weighted by molar-refractivity contribution is 9.10. The van der Waals surface area contributed by atoms with Gasteiger partial charge in [-0.2, -0.15) is 0 Å². The number of nitrogens with zero attached hydrogens (tertiary/aromatic N) is 3. The average molecular weight is 483 g/mol. The van der Waals surface area contributed by atoms with Crippen LogP contribution in [0.3, 0.4) is 0 Å². The molecule has 3 aromatic rings. The van der Waals surface area contributed by atoms with Crippen LogP contribution >= 0.6 is 43.2 Å². The molecule has 0 saturated heterocycles. The Hall–Kier alpha value is -1.28. The summed E-state index contributed by atoms with van der Waals surface area (Å²) in [5, 5.41) is 0.725. The van der Waals surface area contributed by atoms with Gasteiger partial charge in [-0.1, -0.05) is 43.2 Å². The van der Waals surface area contributed by atoms with Crippen molar-refractivity contribution in [1.82, 2.24) is 9.88 Å². The Labute approximate surface area is 167 Å². The van der Waals surface area contributed by atoms with Crippen molar-refractivity contribution in [2.75, 3.05) is 32.1 Å². The normalized spacial score (nSPS) is 11.2. The predicted octanol–water partition coefficient (Wildman–Crippen LogP) is 5.03. The zero-order valence-corrected chi connectivity index (χ0v) is 17.9. The Morgan fingerprint density at radius 1 is 1.04 bits per heavy atom. The standard InChI is InChI=1S/C18H17Br2N3OS/c1-22(2)9-10-23(17(24)12-3-5-13(19)6-4-12)18-21-15-8-7-14(20)11-16(15)25-18/h3-8,11H,9-10H2,1-2H3. The van der Waals surface area contributed by atoms with E-state index < -0.39 is 0 Å². The van der Waals surface area contributed by atoms with Gasteiger partial charge in [0.15, 0.2) is 5.13 Å². The molecule has 0 saturated carbocycles. The third-order valence-electron chi connectivity index (χ3n) is 3.68. The number of rotatable bonds is 5. The average Bonchev–Trinajstić information content (AvgIpc) is 2.98. The van der Waals surface area contributed by atoms with Crippen LogP contribution in [0.5, 0.6) is 0 Å². The van der Waals surface area contributed by atoms with Gasteiger partial charge in [-0.25, -0.2) is 4.98 Å². The van der Waals surface area contributed by atoms with Gasteiger partial charge in [-0.05, 0) is 56.6 Å². The van der Waals surface area contributed by atoms with Crippen molar-refractivity contribution in [3.63, 3.8) is 0 Å². The lowest BCUT2D eigenvalue weighted by Gasteiger charge is -2.22. The molecule has 0 unspecified atom stereocenters. The van der Waals surface area contributed by atoms with Crippen LogP contribution in [0.4, 0.5) is 5.13 Å². The fourth-order valence-corrected chi connectivity index (χ4v) is 4.14. The lowest BCUT2D eigenvalue weighted by Crippen LogP contribution is -2.36. The summed E-state index contributed by atoms with van der Waals surface area (Å²) in [5.74, 6) is -0.0347. The zero-order valence-electron chi connectivity index (χ0n) is 13.9. The summed E-state index contributed by atoms with van der Waals surface area (Å²) in [5.41, 5.74) is 1.56. The number of thiazole rings is 1. The number of hydrogen-bond acceptors (Lipinski definition) is 4. The van der Waals surface area contributed by atoms with Crippen molar-refractivity contribution in [2.45, 2.75) is 0 Å². The molecular formula is C18H17Br2N3OS. The topological polar surface area (TPSA) is 36.4 Å². The molecule has 130 valence electrons. The molecular weight excluding hydrogens is 466 g/mol. The van der Waals surface area contributed by atoms with Crippen molar-refractivity contribution in [3.8, 4) is 0 Å². The van der Waals surface area contributed by atoms with Crippen LogP contribution in [-0.2, 0) is 0 Å². The molecule has 7 heteroatoms. The maximum atomic E-state index is 13.1. The molecule has 2 aromatic carbocycles. The van der Waals surface area contributed by atoms with Crippen LogP contribution in [0.1, 0.15) is 10.4 Å². The highest BCUT2D eigenvalue weighted by Gasteiger charge is 2.21. The lowest BCUT2D eigenvalue weighted by molar-refractivity contribution is 0.0985. The predicted molar refractivity (Wildman–Crippen MR) is 112 cm³/mol. The largest absolute Gasteiger partial charge is 0.308 e. The molecule has 0 aliphatic carbocycles. The Bertz CT molecular complexity index is 893. The van der Waals surface area contributed by atoms with Gasteiger partial charge in [0, 0.05) is 27.6 Å². The van der Waals surface area contributed by atoms with Gasteiger partial charge in [0.2, 0.25) is 0 Å². The third kappa shape index (κ3) is 4.47. The van der Waals surface area contributed by atoms with Gasteiger partial charge >= 0.3 is 0 Å². The van der Waals surface area contributed by atoms with E-state index >= 15 is 0 Å². The number of halogens is 2. The van der Waals surface area contributed by atoms with Crippen molar-refractivity contribution < 1.29 is 4.79 Å². The maximum absolute atomic E-state index is 13.1. The highest BCUT2D eigenvalue weighted by atomic mass is 79.9. The number of benzene rings is 2. The molecule has 0 aliphatic heterocycles. The van der Waals surface area contributed by atoms with Gasteiger partial charge < -0.3 is 4.90 Å². The summed E-state index contributed by atoms with van der Waals surface area (Å²) in [6.07, 6.45) is 0. The molecule has 1 amide bonds. The van der Waals surface area contributed by atoms with E-state index in [9.17, 15) is 4.79 Å². The molecule has 4 nitrogen and oxygen atoms in total. The van der Waals surface area contributed by atoms with Crippen LogP contribution in [0.15, 0.2) is 51.4 Å². The molecule has 3 rings (SSSR count). The van der Waals surface area contributed by atoms with Gasteiger partial charge in [0.05, 0.1) is 10.2 Å². The molecule has 25 heavy (non-hydrogen) atoms. The van der Waals surface area contributed by atoms with E-state index in [2.05, 4.69) is 41.7 Å². The molecule has 0 spiro atoms. The fraction of sp³-hybridized carbons (Fsp3) is 0.222. The number of carbonyl (C=O) groups excluding carboxylic acids is 1. The molecule has 1 heterocycles. The van der Waals surface area contributed by atoms with Crippen molar-refractivity contribution in [1.29, 1.82) is 0 Å². The van der Waals surface area contributed by atoms with Gasteiger partial charge in [0.25, 0.3) is 5.91 Å². The highest BCUT2D eigenvalue weighted by Crippen LogP contribution is 2.31. The van der Waals surface area contributed by atoms with E-state index in [-0.39, 0.29) is 5.91 Å². The molecule has 0 atom stereocenters. The van der Waals surface area contributed by atoms with E-state index in [1.807, 2.05) is 56.6 Å². The first-order valence-corrected chi connectivity index (χ1v) is 10.1. The minimum atomic E-state index is -0.0347. The van der Waals surface area contributed by atoms with Crippen molar-refractivity contribution in [3.05, 3.63) is 57.0 Å². The zero-order chi connectivity index (χ0) is 18.0. The number of aromatic nitrogens is 1. The number of hydrogen-bond donors (Lipinski definition) is 0. The Morgan fingerprint density at radius 2 is 1.72 bits per heavy atom. The summed E-state index contributed by atoms with van der Waals surface area (Å²) in [6.45, 7) is 1.35. The first-order chi connectivity index (χ1) is 11.9. The summed E-state index contributed by atoms with van der Waals surface area (Å²) in [4.78, 5) is 21.6. The van der Waals surface area contributed by atoms with Crippen LogP contribution in [0.2, 0.25) is 0 Å². The number of likely N-dealkylation sites (N-methyl/N-ethyl adjacent to an activating group) is 1. The van der Waals surface area contributed by atoms with Crippen molar-refractivity contribution in [2.24, 2.45) is 0 Å². The van der Waals surface area contributed by atoms with Crippen molar-refractivity contribution >= 4 is 64.5 Å². The first kappa shape index (κ1) is 18.5. The lowest BCUT2D eigenvalue weighted by atomic mass is 10.2. The maximum Gasteiger partial charge on any atom is 0.260 e. The van der Waals surface area contributed by atoms with Gasteiger partial charge in [-0.15, -0.1) is 0 Å². The molecule has 1 aromatic heterocycles. The smallest absolute Gasteiger partial charge is 0.260 e. The molecule has 0 radical (unpaired) electrons. The fourth-order valence-electron chi connectivity index (χ4n) is 2.33. The molecule has 0 N–H and O–H groups in total. The minimum Gasteiger partial charge on any atom is -0.308 e. The van der Waals surface area contributed by atoms with Gasteiger partial charge in [-0.3, -0.25) is 9.69 Å². The van der Waals surface area contributed by atoms with E-state index in [1.165, 1.54) is 11.3 Å². The van der Waals surface area contributed by atoms with Crippen LogP contribution in [-0.4, -0.2) is 43.0 Å². The molecule has 0 fully saturated rings. The number of amides is 1. The van der Waals surface area contributed by atoms with Crippen LogP contribution < -0.4 is 4.90 Å². The second kappa shape index (κ2) is 7.95. The summed E-state index contributed by atoms with van der Waals surface area (Å²) in [6, 6.07) is 13.4. The SMILES string of the molecule is CN(C)CCN(C(=O)c1ccc(Br)cc1)c1nc2ccc(Br)cc2s1. The number of anilines is 1. The third-order valence-corrected chi connectivity index (χ3v) is 5.74. The quantitative estimate of drug-likeness (QED) is 0.511. The Morgan fingerprint density at radius 3 is 2.40 bits per heavy atom. The molecule has 0 aliphatic rings. The second-order valence-electron chi connectivity index (χ2n) is 5.88. The number of carbonyl (C=O) groups is 1. The monoisotopic (exact) mass is 481 g/mol. The summed E-state index contributed by atoms with van der Waals surface area (Å²) < 4.78 is 3.02. The Balaban J connectivity index is 1.97. The Kier molecular flexibility index (Phi) is 5.89. The summed E-state index contributed by atoms with van der Waals surface area (Å²) in [7, 11) is 4.00.